The summed E-state index contributed by atoms with van der Waals surface area (Å²) in [5.74, 6) is -0.373. The standard InChI is InChI=1S/C15H24O3Si2/c1-6-15(16)17-12-13-20(5,18-19(2,3)4)14-10-8-7-9-11-14/h6-11H,1,12-13H2,2-5H3. The first-order valence-electron chi connectivity index (χ1n) is 6.82. The lowest BCUT2D eigenvalue weighted by molar-refractivity contribution is -0.137. The molecule has 3 nitrogen and oxygen atoms in total. The average Bonchev–Trinajstić information content (AvgIpc) is 2.37. The maximum Gasteiger partial charge on any atom is 0.330 e. The smallest absolute Gasteiger partial charge is 0.330 e. The van der Waals surface area contributed by atoms with Crippen LogP contribution < -0.4 is 5.19 Å². The van der Waals surface area contributed by atoms with Crippen molar-refractivity contribution in [3.63, 3.8) is 0 Å². The van der Waals surface area contributed by atoms with Crippen LogP contribution in [0.1, 0.15) is 0 Å². The minimum Gasteiger partial charge on any atom is -0.463 e. The summed E-state index contributed by atoms with van der Waals surface area (Å²) in [6, 6.07) is 11.1. The van der Waals surface area contributed by atoms with Gasteiger partial charge in [-0.25, -0.2) is 4.79 Å². The first-order valence-corrected chi connectivity index (χ1v) is 12.8. The molecule has 0 aliphatic heterocycles. The quantitative estimate of drug-likeness (QED) is 0.441. The number of carbonyl (C=O) groups is 1. The van der Waals surface area contributed by atoms with Gasteiger partial charge in [0.25, 0.3) is 0 Å². The van der Waals surface area contributed by atoms with Gasteiger partial charge in [-0.1, -0.05) is 36.9 Å². The highest BCUT2D eigenvalue weighted by Crippen LogP contribution is 2.19. The van der Waals surface area contributed by atoms with Gasteiger partial charge < -0.3 is 8.85 Å². The van der Waals surface area contributed by atoms with E-state index in [-0.39, 0.29) is 5.97 Å². The molecule has 110 valence electrons. The van der Waals surface area contributed by atoms with Gasteiger partial charge in [0.05, 0.1) is 6.61 Å². The fraction of sp³-hybridized carbons (Fsp3) is 0.400. The van der Waals surface area contributed by atoms with Gasteiger partial charge in [-0.2, -0.15) is 0 Å². The number of rotatable bonds is 7. The zero-order chi connectivity index (χ0) is 15.2. The highest BCUT2D eigenvalue weighted by Gasteiger charge is 2.36. The molecule has 0 saturated heterocycles. The number of hydrogen-bond acceptors (Lipinski definition) is 3. The Morgan fingerprint density at radius 2 is 1.80 bits per heavy atom. The fourth-order valence-corrected chi connectivity index (χ4v) is 10.1. The van der Waals surface area contributed by atoms with Gasteiger partial charge in [-0.05, 0) is 31.4 Å². The van der Waals surface area contributed by atoms with E-state index in [0.29, 0.717) is 6.61 Å². The predicted octanol–water partition coefficient (Wildman–Crippen LogP) is 3.05. The normalized spacial score (nSPS) is 14.4. The highest BCUT2D eigenvalue weighted by atomic mass is 28.4. The minimum absolute atomic E-state index is 0.373. The molecule has 1 atom stereocenters. The Kier molecular flexibility index (Phi) is 5.92. The molecule has 1 aromatic carbocycles. The molecule has 0 saturated carbocycles. The van der Waals surface area contributed by atoms with Crippen LogP contribution in [0.2, 0.25) is 32.2 Å². The molecule has 0 fully saturated rings. The molecule has 0 aromatic heterocycles. The van der Waals surface area contributed by atoms with Crippen LogP contribution in [0.4, 0.5) is 0 Å². The van der Waals surface area contributed by atoms with Crippen LogP contribution >= 0.6 is 0 Å². The van der Waals surface area contributed by atoms with Gasteiger partial charge >= 0.3 is 5.97 Å². The van der Waals surface area contributed by atoms with Crippen molar-refractivity contribution in [3.05, 3.63) is 43.0 Å². The van der Waals surface area contributed by atoms with E-state index in [1.807, 2.05) is 18.2 Å². The van der Waals surface area contributed by atoms with E-state index in [9.17, 15) is 4.79 Å². The first-order chi connectivity index (χ1) is 9.27. The maximum atomic E-state index is 11.2. The summed E-state index contributed by atoms with van der Waals surface area (Å²) >= 11 is 0. The summed E-state index contributed by atoms with van der Waals surface area (Å²) < 4.78 is 11.6. The Morgan fingerprint density at radius 1 is 1.20 bits per heavy atom. The first kappa shape index (κ1) is 16.9. The summed E-state index contributed by atoms with van der Waals surface area (Å²) in [7, 11) is -3.75. The maximum absolute atomic E-state index is 11.2. The number of benzene rings is 1. The van der Waals surface area contributed by atoms with Gasteiger partial charge in [0.2, 0.25) is 8.32 Å². The van der Waals surface area contributed by atoms with Crippen molar-refractivity contribution >= 4 is 27.8 Å². The van der Waals surface area contributed by atoms with Crippen LogP contribution in [0.5, 0.6) is 0 Å². The van der Waals surface area contributed by atoms with Gasteiger partial charge in [0.15, 0.2) is 8.32 Å². The van der Waals surface area contributed by atoms with Crippen LogP contribution in [-0.2, 0) is 13.6 Å². The summed E-state index contributed by atoms with van der Waals surface area (Å²) in [6.45, 7) is 12.6. The second-order valence-corrected chi connectivity index (χ2v) is 14.5. The van der Waals surface area contributed by atoms with Gasteiger partial charge in [0.1, 0.15) is 0 Å². The van der Waals surface area contributed by atoms with E-state index in [2.05, 4.69) is 44.9 Å². The number of ether oxygens (including phenoxy) is 1. The van der Waals surface area contributed by atoms with Crippen molar-refractivity contribution in [2.75, 3.05) is 6.61 Å². The van der Waals surface area contributed by atoms with Crippen molar-refractivity contribution in [2.45, 2.75) is 32.2 Å². The van der Waals surface area contributed by atoms with E-state index in [4.69, 9.17) is 8.85 Å². The zero-order valence-corrected chi connectivity index (χ0v) is 14.8. The second kappa shape index (κ2) is 7.01. The minimum atomic E-state index is -2.09. The second-order valence-electron chi connectivity index (χ2n) is 5.93. The zero-order valence-electron chi connectivity index (χ0n) is 12.8. The average molecular weight is 309 g/mol. The molecule has 20 heavy (non-hydrogen) atoms. The largest absolute Gasteiger partial charge is 0.463 e. The molecule has 0 aliphatic rings. The Labute approximate surface area is 123 Å². The molecule has 5 heteroatoms. The van der Waals surface area contributed by atoms with E-state index in [0.717, 1.165) is 6.04 Å². The van der Waals surface area contributed by atoms with Crippen molar-refractivity contribution in [2.24, 2.45) is 0 Å². The predicted molar refractivity (Wildman–Crippen MR) is 88.1 cm³/mol. The SMILES string of the molecule is C=CC(=O)OCC[Si](C)(O[Si](C)(C)C)c1ccccc1. The van der Waals surface area contributed by atoms with Crippen molar-refractivity contribution in [1.82, 2.24) is 0 Å². The Bertz CT molecular complexity index is 454. The van der Waals surface area contributed by atoms with Gasteiger partial charge in [-0.3, -0.25) is 0 Å². The lowest BCUT2D eigenvalue weighted by Gasteiger charge is -2.34. The third-order valence-corrected chi connectivity index (χ3v) is 9.87. The summed E-state index contributed by atoms with van der Waals surface area (Å²) in [5.41, 5.74) is 0. The molecule has 0 radical (unpaired) electrons. The molecule has 0 bridgehead atoms. The monoisotopic (exact) mass is 308 g/mol. The Hall–Kier alpha value is -1.18. The lowest BCUT2D eigenvalue weighted by atomic mass is 10.4. The van der Waals surface area contributed by atoms with Crippen LogP contribution in [0.3, 0.4) is 0 Å². The van der Waals surface area contributed by atoms with Crippen molar-refractivity contribution in [1.29, 1.82) is 0 Å². The van der Waals surface area contributed by atoms with E-state index >= 15 is 0 Å². The van der Waals surface area contributed by atoms with Crippen LogP contribution in [0, 0.1) is 0 Å². The van der Waals surface area contributed by atoms with Crippen molar-refractivity contribution < 1.29 is 13.6 Å². The number of esters is 1. The molecule has 0 aliphatic carbocycles. The van der Waals surface area contributed by atoms with E-state index in [1.165, 1.54) is 11.3 Å². The molecule has 0 amide bonds. The molecular weight excluding hydrogens is 284 g/mol. The lowest BCUT2D eigenvalue weighted by Crippen LogP contribution is -2.54. The third-order valence-electron chi connectivity index (χ3n) is 2.91. The summed E-state index contributed by atoms with van der Waals surface area (Å²) in [6.07, 6.45) is 1.20. The van der Waals surface area contributed by atoms with Gasteiger partial charge in [0, 0.05) is 12.1 Å². The fourth-order valence-electron chi connectivity index (χ4n) is 2.13. The molecular formula is C15H24O3Si2. The molecule has 1 rings (SSSR count). The summed E-state index contributed by atoms with van der Waals surface area (Å²) in [5, 5.41) is 1.25. The molecule has 0 N–H and O–H groups in total. The topological polar surface area (TPSA) is 35.5 Å². The van der Waals surface area contributed by atoms with E-state index in [1.54, 1.807) is 0 Å². The molecule has 1 unspecified atom stereocenters. The van der Waals surface area contributed by atoms with E-state index < -0.39 is 16.6 Å². The van der Waals surface area contributed by atoms with Crippen molar-refractivity contribution in [3.8, 4) is 0 Å². The Morgan fingerprint density at radius 3 is 2.30 bits per heavy atom. The third kappa shape index (κ3) is 5.44. The Balaban J connectivity index is 2.85. The van der Waals surface area contributed by atoms with Crippen LogP contribution in [0.15, 0.2) is 43.0 Å². The van der Waals surface area contributed by atoms with Crippen LogP contribution in [-0.4, -0.2) is 29.2 Å². The number of carbonyl (C=O) groups excluding carboxylic acids is 1. The highest BCUT2D eigenvalue weighted by molar-refractivity contribution is 6.92. The molecule has 0 spiro atoms. The molecule has 0 heterocycles. The van der Waals surface area contributed by atoms with Gasteiger partial charge in [-0.15, -0.1) is 0 Å². The van der Waals surface area contributed by atoms with Crippen LogP contribution in [0.25, 0.3) is 0 Å². The molecule has 1 aromatic rings. The summed E-state index contributed by atoms with van der Waals surface area (Å²) in [4.78, 5) is 11.2. The number of hydrogen-bond donors (Lipinski definition) is 0.